The van der Waals surface area contributed by atoms with Crippen LogP contribution in [0, 0.1) is 0 Å². The second kappa shape index (κ2) is 6.62. The van der Waals surface area contributed by atoms with Crippen molar-refractivity contribution in [1.29, 1.82) is 0 Å². The van der Waals surface area contributed by atoms with Crippen molar-refractivity contribution in [3.05, 3.63) is 59.7 Å². The summed E-state index contributed by atoms with van der Waals surface area (Å²) in [4.78, 5) is 22.2. The lowest BCUT2D eigenvalue weighted by atomic mass is 10.2. The summed E-state index contributed by atoms with van der Waals surface area (Å²) in [6.45, 7) is 1.55. The molecule has 22 heavy (non-hydrogen) atoms. The van der Waals surface area contributed by atoms with Crippen molar-refractivity contribution < 1.29 is 29.3 Å². The van der Waals surface area contributed by atoms with Gasteiger partial charge in [-0.2, -0.15) is 0 Å². The third kappa shape index (κ3) is 3.54. The molecule has 2 N–H and O–H groups in total. The van der Waals surface area contributed by atoms with E-state index in [1.165, 1.54) is 24.3 Å². The van der Waals surface area contributed by atoms with Crippen LogP contribution in [-0.2, 0) is 0 Å². The Morgan fingerprint density at radius 2 is 1.18 bits per heavy atom. The number of rotatable bonds is 6. The smallest absolute Gasteiger partial charge is 0.339 e. The maximum absolute atomic E-state index is 11.1. The first kappa shape index (κ1) is 15.4. The molecule has 2 rings (SSSR count). The van der Waals surface area contributed by atoms with E-state index < -0.39 is 18.2 Å². The predicted molar refractivity (Wildman–Crippen MR) is 77.5 cm³/mol. The number of para-hydroxylation sites is 2. The molecule has 6 nitrogen and oxygen atoms in total. The highest BCUT2D eigenvalue weighted by molar-refractivity contribution is 5.91. The fourth-order valence-corrected chi connectivity index (χ4v) is 1.87. The molecule has 0 unspecified atom stereocenters. The Kier molecular flexibility index (Phi) is 4.63. The van der Waals surface area contributed by atoms with Gasteiger partial charge in [-0.25, -0.2) is 9.59 Å². The number of carboxylic acid groups (broad SMARTS) is 2. The van der Waals surface area contributed by atoms with E-state index in [-0.39, 0.29) is 22.6 Å². The largest absolute Gasteiger partial charge is 0.478 e. The number of carbonyl (C=O) groups is 2. The second-order valence-electron chi connectivity index (χ2n) is 4.41. The summed E-state index contributed by atoms with van der Waals surface area (Å²) in [5, 5.41) is 18.2. The van der Waals surface area contributed by atoms with Gasteiger partial charge in [0.05, 0.1) is 0 Å². The van der Waals surface area contributed by atoms with Crippen LogP contribution in [0.2, 0.25) is 0 Å². The molecular weight excluding hydrogens is 288 g/mol. The highest BCUT2D eigenvalue weighted by Crippen LogP contribution is 2.23. The summed E-state index contributed by atoms with van der Waals surface area (Å²) in [7, 11) is 0. The second-order valence-corrected chi connectivity index (χ2v) is 4.41. The van der Waals surface area contributed by atoms with E-state index in [2.05, 4.69) is 0 Å². The monoisotopic (exact) mass is 302 g/mol. The molecule has 0 amide bonds. The Morgan fingerprint density at radius 1 is 0.818 bits per heavy atom. The molecule has 114 valence electrons. The molecule has 0 fully saturated rings. The van der Waals surface area contributed by atoms with E-state index in [0.29, 0.717) is 0 Å². The maximum atomic E-state index is 11.1. The van der Waals surface area contributed by atoms with Crippen LogP contribution in [-0.4, -0.2) is 28.4 Å². The topological polar surface area (TPSA) is 93.1 Å². The Hall–Kier alpha value is -3.02. The van der Waals surface area contributed by atoms with Crippen molar-refractivity contribution in [2.45, 2.75) is 13.2 Å². The third-order valence-electron chi connectivity index (χ3n) is 2.82. The average Bonchev–Trinajstić information content (AvgIpc) is 2.47. The number of hydrogen-bond donors (Lipinski definition) is 2. The SMILES string of the molecule is CC(Oc1ccccc1C(=O)O)Oc1ccccc1C(=O)O. The molecule has 0 aliphatic heterocycles. The van der Waals surface area contributed by atoms with E-state index in [0.717, 1.165) is 0 Å². The van der Waals surface area contributed by atoms with Crippen LogP contribution in [0.25, 0.3) is 0 Å². The Bertz CT molecular complexity index is 635. The van der Waals surface area contributed by atoms with Gasteiger partial charge in [0.15, 0.2) is 0 Å². The van der Waals surface area contributed by atoms with Gasteiger partial charge in [-0.1, -0.05) is 24.3 Å². The van der Waals surface area contributed by atoms with Crippen LogP contribution >= 0.6 is 0 Å². The Labute approximate surface area is 126 Å². The normalized spacial score (nSPS) is 10.3. The number of benzene rings is 2. The number of carboxylic acids is 2. The van der Waals surface area contributed by atoms with Gasteiger partial charge in [-0.05, 0) is 24.3 Å². The van der Waals surface area contributed by atoms with Crippen LogP contribution in [0.3, 0.4) is 0 Å². The zero-order valence-electron chi connectivity index (χ0n) is 11.7. The first-order chi connectivity index (χ1) is 10.5. The third-order valence-corrected chi connectivity index (χ3v) is 2.82. The molecule has 0 radical (unpaired) electrons. The summed E-state index contributed by atoms with van der Waals surface area (Å²) in [5.74, 6) is -1.94. The molecule has 0 saturated heterocycles. The molecule has 0 heterocycles. The first-order valence-electron chi connectivity index (χ1n) is 6.47. The van der Waals surface area contributed by atoms with E-state index in [1.807, 2.05) is 0 Å². The standard InChI is InChI=1S/C16H14O6/c1-10(21-13-8-4-2-6-11(13)15(17)18)22-14-9-5-3-7-12(14)16(19)20/h2-10H,1H3,(H,17,18)(H,19,20). The molecule has 0 saturated carbocycles. The van der Waals surface area contributed by atoms with Crippen molar-refractivity contribution in [3.8, 4) is 11.5 Å². The highest BCUT2D eigenvalue weighted by Gasteiger charge is 2.16. The van der Waals surface area contributed by atoms with Crippen LogP contribution in [0.5, 0.6) is 11.5 Å². The minimum absolute atomic E-state index is 0.00414. The summed E-state index contributed by atoms with van der Waals surface area (Å²) in [6, 6.07) is 12.3. The lowest BCUT2D eigenvalue weighted by molar-refractivity contribution is 0.0197. The Morgan fingerprint density at radius 3 is 1.55 bits per heavy atom. The van der Waals surface area contributed by atoms with Crippen molar-refractivity contribution in [2.24, 2.45) is 0 Å². The lowest BCUT2D eigenvalue weighted by Crippen LogP contribution is -2.22. The van der Waals surface area contributed by atoms with Crippen LogP contribution in [0.15, 0.2) is 48.5 Å². The quantitative estimate of drug-likeness (QED) is 0.797. The van der Waals surface area contributed by atoms with E-state index in [4.69, 9.17) is 19.7 Å². The van der Waals surface area contributed by atoms with Gasteiger partial charge < -0.3 is 19.7 Å². The average molecular weight is 302 g/mol. The van der Waals surface area contributed by atoms with Crippen molar-refractivity contribution in [1.82, 2.24) is 0 Å². The fourth-order valence-electron chi connectivity index (χ4n) is 1.87. The van der Waals surface area contributed by atoms with E-state index in [9.17, 15) is 9.59 Å². The molecule has 2 aromatic carbocycles. The van der Waals surface area contributed by atoms with Crippen LogP contribution < -0.4 is 9.47 Å². The zero-order valence-corrected chi connectivity index (χ0v) is 11.7. The summed E-state index contributed by atoms with van der Waals surface area (Å²) < 4.78 is 10.9. The van der Waals surface area contributed by atoms with Gasteiger partial charge in [0.1, 0.15) is 22.6 Å². The number of aromatic carboxylic acids is 2. The van der Waals surface area contributed by atoms with Gasteiger partial charge in [-0.15, -0.1) is 0 Å². The molecule has 6 heteroatoms. The molecule has 2 aromatic rings. The lowest BCUT2D eigenvalue weighted by Gasteiger charge is -2.18. The van der Waals surface area contributed by atoms with Crippen molar-refractivity contribution >= 4 is 11.9 Å². The van der Waals surface area contributed by atoms with Crippen LogP contribution in [0.4, 0.5) is 0 Å². The molecule has 0 aliphatic rings. The van der Waals surface area contributed by atoms with Gasteiger partial charge >= 0.3 is 11.9 Å². The number of ether oxygens (including phenoxy) is 2. The minimum Gasteiger partial charge on any atom is -0.478 e. The predicted octanol–water partition coefficient (Wildman–Crippen LogP) is 2.89. The molecule has 0 spiro atoms. The number of hydrogen-bond acceptors (Lipinski definition) is 4. The summed E-state index contributed by atoms with van der Waals surface area (Å²) in [5.41, 5.74) is 0.00828. The van der Waals surface area contributed by atoms with Crippen molar-refractivity contribution in [3.63, 3.8) is 0 Å². The maximum Gasteiger partial charge on any atom is 0.339 e. The van der Waals surface area contributed by atoms with Gasteiger partial charge in [0.25, 0.3) is 0 Å². The molecular formula is C16H14O6. The highest BCUT2D eigenvalue weighted by atomic mass is 16.7. The Balaban J connectivity index is 2.16. The summed E-state index contributed by atoms with van der Waals surface area (Å²) in [6.07, 6.45) is -0.860. The molecule has 0 atom stereocenters. The fraction of sp³-hybridized carbons (Fsp3) is 0.125. The van der Waals surface area contributed by atoms with E-state index in [1.54, 1.807) is 31.2 Å². The van der Waals surface area contributed by atoms with Gasteiger partial charge in [-0.3, -0.25) is 0 Å². The summed E-state index contributed by atoms with van der Waals surface area (Å²) >= 11 is 0. The first-order valence-corrected chi connectivity index (χ1v) is 6.47. The zero-order chi connectivity index (χ0) is 16.1. The molecule has 0 aliphatic carbocycles. The minimum atomic E-state index is -1.12. The van der Waals surface area contributed by atoms with Crippen molar-refractivity contribution in [2.75, 3.05) is 0 Å². The van der Waals surface area contributed by atoms with Gasteiger partial charge in [0.2, 0.25) is 6.29 Å². The van der Waals surface area contributed by atoms with Crippen LogP contribution in [0.1, 0.15) is 27.6 Å². The van der Waals surface area contributed by atoms with E-state index >= 15 is 0 Å². The molecule has 0 bridgehead atoms. The van der Waals surface area contributed by atoms with Gasteiger partial charge in [0, 0.05) is 6.92 Å². The molecule has 0 aromatic heterocycles.